The van der Waals surface area contributed by atoms with Crippen LogP contribution in [0.15, 0.2) is 11.8 Å². The van der Waals surface area contributed by atoms with Crippen molar-refractivity contribution in [3.8, 4) is 0 Å². The van der Waals surface area contributed by atoms with E-state index in [0.29, 0.717) is 6.42 Å². The molecule has 0 aliphatic carbocycles. The smallest absolute Gasteiger partial charge is 0.174 e. The summed E-state index contributed by atoms with van der Waals surface area (Å²) in [5, 5.41) is 26.4. The largest absolute Gasteiger partial charge is 0.511 e. The summed E-state index contributed by atoms with van der Waals surface area (Å²) in [5.74, 6) is -0.142. The zero-order chi connectivity index (χ0) is 11.0. The Balaban J connectivity index is 3.67. The number of unbranched alkanes of at least 4 members (excludes halogenated alkanes) is 3. The molecule has 0 aliphatic rings. The molecular weight excluding hydrogens is 182 g/mol. The Morgan fingerprint density at radius 1 is 1.29 bits per heavy atom. The second kappa shape index (κ2) is 7.79. The Morgan fingerprint density at radius 2 is 1.93 bits per heavy atom. The van der Waals surface area contributed by atoms with Crippen molar-refractivity contribution in [2.45, 2.75) is 51.4 Å². The van der Waals surface area contributed by atoms with Crippen molar-refractivity contribution in [3.05, 3.63) is 11.8 Å². The fourth-order valence-electron chi connectivity index (χ4n) is 1.22. The summed E-state index contributed by atoms with van der Waals surface area (Å²) in [6.45, 7) is 2.12. The molecule has 0 rings (SSSR count). The number of nitrogens with two attached hydrogens (primary N) is 1. The number of aliphatic hydroxyl groups is 3. The molecule has 0 fully saturated rings. The first-order valence-electron chi connectivity index (χ1n) is 5.10. The van der Waals surface area contributed by atoms with E-state index in [-0.39, 0.29) is 5.76 Å². The minimum atomic E-state index is -1.63. The Hall–Kier alpha value is -0.580. The molecule has 5 N–H and O–H groups in total. The number of rotatable bonds is 7. The van der Waals surface area contributed by atoms with Gasteiger partial charge in [-0.2, -0.15) is 0 Å². The lowest BCUT2D eigenvalue weighted by Crippen LogP contribution is -2.23. The molecule has 0 bridgehead atoms. The van der Waals surface area contributed by atoms with E-state index in [1.807, 2.05) is 0 Å². The molecule has 1 atom stereocenters. The molecule has 0 aromatic carbocycles. The number of hydrogen-bond acceptors (Lipinski definition) is 4. The molecular formula is C10H21NO3. The molecule has 1 unspecified atom stereocenters. The van der Waals surface area contributed by atoms with E-state index >= 15 is 0 Å². The molecule has 4 heteroatoms. The Bertz CT molecular complexity index is 169. The predicted molar refractivity (Wildman–Crippen MR) is 55.7 cm³/mol. The van der Waals surface area contributed by atoms with Gasteiger partial charge in [-0.1, -0.05) is 32.6 Å². The van der Waals surface area contributed by atoms with Crippen LogP contribution in [0.3, 0.4) is 0 Å². The van der Waals surface area contributed by atoms with E-state index in [0.717, 1.165) is 25.3 Å². The van der Waals surface area contributed by atoms with Gasteiger partial charge >= 0.3 is 0 Å². The van der Waals surface area contributed by atoms with Crippen molar-refractivity contribution in [2.24, 2.45) is 5.73 Å². The zero-order valence-corrected chi connectivity index (χ0v) is 8.69. The van der Waals surface area contributed by atoms with Crippen molar-refractivity contribution in [1.29, 1.82) is 0 Å². The normalized spacial score (nSPS) is 14.8. The lowest BCUT2D eigenvalue weighted by Gasteiger charge is -2.10. The molecule has 14 heavy (non-hydrogen) atoms. The van der Waals surface area contributed by atoms with Crippen LogP contribution in [-0.4, -0.2) is 27.7 Å². The highest BCUT2D eigenvalue weighted by molar-refractivity contribution is 5.01. The van der Waals surface area contributed by atoms with Gasteiger partial charge in [-0.05, 0) is 6.42 Å². The highest BCUT2D eigenvalue weighted by Crippen LogP contribution is 2.08. The van der Waals surface area contributed by atoms with Crippen LogP contribution in [0.1, 0.15) is 39.0 Å². The van der Waals surface area contributed by atoms with Gasteiger partial charge in [0, 0.05) is 6.08 Å². The summed E-state index contributed by atoms with van der Waals surface area (Å²) in [7, 11) is 0. The van der Waals surface area contributed by atoms with Crippen LogP contribution in [-0.2, 0) is 0 Å². The van der Waals surface area contributed by atoms with Gasteiger partial charge in [0.15, 0.2) is 6.29 Å². The Morgan fingerprint density at radius 3 is 2.43 bits per heavy atom. The van der Waals surface area contributed by atoms with Crippen molar-refractivity contribution in [1.82, 2.24) is 0 Å². The van der Waals surface area contributed by atoms with Crippen molar-refractivity contribution in [3.63, 3.8) is 0 Å². The van der Waals surface area contributed by atoms with E-state index in [1.54, 1.807) is 0 Å². The summed E-state index contributed by atoms with van der Waals surface area (Å²) in [5.41, 5.74) is 5.61. The molecule has 0 heterocycles. The standard InChI is InChI=1S/C10H21NO3/c1-2-3-4-5-6-8(11)9(12)7-10(13)14/h7-8,10,12-14H,2-6,11H2,1H3. The van der Waals surface area contributed by atoms with E-state index in [4.69, 9.17) is 15.9 Å². The maximum atomic E-state index is 9.26. The summed E-state index contributed by atoms with van der Waals surface area (Å²) in [6.07, 6.45) is 4.37. The van der Waals surface area contributed by atoms with Crippen LogP contribution in [0.4, 0.5) is 0 Å². The third-order valence-corrected chi connectivity index (χ3v) is 2.07. The van der Waals surface area contributed by atoms with Gasteiger partial charge in [0.25, 0.3) is 0 Å². The summed E-state index contributed by atoms with van der Waals surface area (Å²) in [6, 6.07) is -0.478. The van der Waals surface area contributed by atoms with Gasteiger partial charge in [-0.3, -0.25) is 0 Å². The van der Waals surface area contributed by atoms with E-state index in [1.165, 1.54) is 6.42 Å². The van der Waals surface area contributed by atoms with Gasteiger partial charge in [-0.25, -0.2) is 0 Å². The zero-order valence-electron chi connectivity index (χ0n) is 8.69. The molecule has 0 spiro atoms. The predicted octanol–water partition coefficient (Wildman–Crippen LogP) is 1.04. The highest BCUT2D eigenvalue weighted by atomic mass is 16.5. The van der Waals surface area contributed by atoms with E-state index in [9.17, 15) is 5.11 Å². The lowest BCUT2D eigenvalue weighted by molar-refractivity contribution is -0.000515. The first kappa shape index (κ1) is 13.4. The molecule has 0 saturated carbocycles. The molecule has 4 nitrogen and oxygen atoms in total. The highest BCUT2D eigenvalue weighted by Gasteiger charge is 2.08. The van der Waals surface area contributed by atoms with Gasteiger partial charge in [0.05, 0.1) is 6.04 Å². The number of hydrogen-bond donors (Lipinski definition) is 4. The fraction of sp³-hybridized carbons (Fsp3) is 0.800. The third kappa shape index (κ3) is 6.88. The Kier molecular flexibility index (Phi) is 7.47. The van der Waals surface area contributed by atoms with Crippen LogP contribution >= 0.6 is 0 Å². The second-order valence-electron chi connectivity index (χ2n) is 3.46. The average Bonchev–Trinajstić information content (AvgIpc) is 2.11. The molecule has 84 valence electrons. The minimum absolute atomic E-state index is 0.142. The van der Waals surface area contributed by atoms with Gasteiger partial charge in [0.2, 0.25) is 0 Å². The maximum Gasteiger partial charge on any atom is 0.174 e. The Labute approximate surface area is 85.1 Å². The van der Waals surface area contributed by atoms with E-state index < -0.39 is 12.3 Å². The summed E-state index contributed by atoms with van der Waals surface area (Å²) in [4.78, 5) is 0. The van der Waals surface area contributed by atoms with E-state index in [2.05, 4.69) is 6.92 Å². The van der Waals surface area contributed by atoms with Crippen molar-refractivity contribution < 1.29 is 15.3 Å². The quantitative estimate of drug-likeness (QED) is 0.283. The third-order valence-electron chi connectivity index (χ3n) is 2.07. The van der Waals surface area contributed by atoms with Crippen LogP contribution < -0.4 is 5.73 Å². The van der Waals surface area contributed by atoms with Crippen LogP contribution in [0, 0.1) is 0 Å². The summed E-state index contributed by atoms with van der Waals surface area (Å²) >= 11 is 0. The van der Waals surface area contributed by atoms with Crippen LogP contribution in [0.5, 0.6) is 0 Å². The second-order valence-corrected chi connectivity index (χ2v) is 3.46. The molecule has 0 aliphatic heterocycles. The van der Waals surface area contributed by atoms with Gasteiger partial charge in [0.1, 0.15) is 5.76 Å². The van der Waals surface area contributed by atoms with Crippen LogP contribution in [0.2, 0.25) is 0 Å². The lowest BCUT2D eigenvalue weighted by atomic mass is 10.1. The molecule has 0 aromatic rings. The topological polar surface area (TPSA) is 86.7 Å². The average molecular weight is 203 g/mol. The first-order valence-corrected chi connectivity index (χ1v) is 5.10. The minimum Gasteiger partial charge on any atom is -0.511 e. The molecule has 0 saturated heterocycles. The maximum absolute atomic E-state index is 9.26. The van der Waals surface area contributed by atoms with Crippen LogP contribution in [0.25, 0.3) is 0 Å². The van der Waals surface area contributed by atoms with Crippen molar-refractivity contribution in [2.75, 3.05) is 0 Å². The van der Waals surface area contributed by atoms with Gasteiger partial charge in [-0.15, -0.1) is 0 Å². The van der Waals surface area contributed by atoms with Crippen molar-refractivity contribution >= 4 is 0 Å². The molecule has 0 radical (unpaired) electrons. The van der Waals surface area contributed by atoms with Gasteiger partial charge < -0.3 is 21.1 Å². The number of aliphatic hydroxyl groups excluding tert-OH is 2. The molecule has 0 aromatic heterocycles. The first-order chi connectivity index (χ1) is 6.57. The SMILES string of the molecule is CCCCCCC(N)C(O)=CC(O)O. The summed E-state index contributed by atoms with van der Waals surface area (Å²) < 4.78 is 0. The fourth-order valence-corrected chi connectivity index (χ4v) is 1.22. The monoisotopic (exact) mass is 203 g/mol. The molecule has 0 amide bonds.